The SMILES string of the molecule is [NH]c1cc(Cl)ccc1N. The predicted octanol–water partition coefficient (Wildman–Crippen LogP) is 1.84. The highest BCUT2D eigenvalue weighted by atomic mass is 35.5. The molecule has 2 nitrogen and oxygen atoms in total. The molecule has 0 heterocycles. The standard InChI is InChI=1S/C6H6ClN2/c7-4-1-2-5(8)6(9)3-4/h1-3,9H,8H2. The minimum atomic E-state index is 0.280. The van der Waals surface area contributed by atoms with Crippen LogP contribution in [0.5, 0.6) is 0 Å². The summed E-state index contributed by atoms with van der Waals surface area (Å²) < 4.78 is 0. The molecular formula is C6H6ClN2. The molecule has 0 saturated heterocycles. The maximum atomic E-state index is 7.15. The molecule has 0 aromatic heterocycles. The second-order valence-corrected chi connectivity index (χ2v) is 2.17. The number of benzene rings is 1. The second-order valence-electron chi connectivity index (χ2n) is 1.73. The van der Waals surface area contributed by atoms with Gasteiger partial charge in [0.2, 0.25) is 0 Å². The van der Waals surface area contributed by atoms with E-state index in [9.17, 15) is 0 Å². The van der Waals surface area contributed by atoms with E-state index in [2.05, 4.69) is 0 Å². The van der Waals surface area contributed by atoms with Crippen LogP contribution in [0.1, 0.15) is 0 Å². The van der Waals surface area contributed by atoms with Crippen molar-refractivity contribution < 1.29 is 0 Å². The Hall–Kier alpha value is -0.890. The van der Waals surface area contributed by atoms with E-state index in [0.717, 1.165) is 0 Å². The largest absolute Gasteiger partial charge is 0.397 e. The van der Waals surface area contributed by atoms with Gasteiger partial charge in [0.05, 0.1) is 11.4 Å². The Morgan fingerprint density at radius 2 is 2.11 bits per heavy atom. The van der Waals surface area contributed by atoms with Gasteiger partial charge in [0.1, 0.15) is 0 Å². The Morgan fingerprint density at radius 3 is 2.56 bits per heavy atom. The van der Waals surface area contributed by atoms with Crippen molar-refractivity contribution in [2.45, 2.75) is 0 Å². The van der Waals surface area contributed by atoms with Crippen LogP contribution >= 0.6 is 11.6 Å². The zero-order chi connectivity index (χ0) is 6.85. The Labute approximate surface area is 58.4 Å². The zero-order valence-corrected chi connectivity index (χ0v) is 5.44. The first-order valence-corrected chi connectivity index (χ1v) is 2.84. The van der Waals surface area contributed by atoms with Gasteiger partial charge in [-0.25, -0.2) is 0 Å². The van der Waals surface area contributed by atoms with E-state index in [1.807, 2.05) is 0 Å². The average molecular weight is 142 g/mol. The summed E-state index contributed by atoms with van der Waals surface area (Å²) in [4.78, 5) is 0. The van der Waals surface area contributed by atoms with E-state index >= 15 is 0 Å². The lowest BCUT2D eigenvalue weighted by atomic mass is 10.3. The Bertz CT molecular complexity index is 222. The van der Waals surface area contributed by atoms with E-state index in [1.165, 1.54) is 6.07 Å². The molecule has 3 heteroatoms. The summed E-state index contributed by atoms with van der Waals surface area (Å²) in [6.45, 7) is 0. The summed E-state index contributed by atoms with van der Waals surface area (Å²) in [5.41, 5.74) is 13.2. The van der Waals surface area contributed by atoms with Gasteiger partial charge < -0.3 is 5.73 Å². The van der Waals surface area contributed by atoms with Crippen LogP contribution < -0.4 is 11.5 Å². The minimum absolute atomic E-state index is 0.280. The molecule has 0 amide bonds. The molecule has 1 rings (SSSR count). The fourth-order valence-electron chi connectivity index (χ4n) is 0.529. The molecule has 1 aromatic carbocycles. The summed E-state index contributed by atoms with van der Waals surface area (Å²) in [6.07, 6.45) is 0. The lowest BCUT2D eigenvalue weighted by Crippen LogP contribution is -1.85. The normalized spacial score (nSPS) is 9.44. The Kier molecular flexibility index (Phi) is 1.49. The number of hydrogen-bond donors (Lipinski definition) is 1. The van der Waals surface area contributed by atoms with Crippen molar-refractivity contribution in [1.82, 2.24) is 5.73 Å². The van der Waals surface area contributed by atoms with E-state index in [4.69, 9.17) is 23.1 Å². The van der Waals surface area contributed by atoms with Crippen molar-refractivity contribution in [3.05, 3.63) is 23.2 Å². The molecule has 0 fully saturated rings. The van der Waals surface area contributed by atoms with Gasteiger partial charge in [0.15, 0.2) is 0 Å². The highest BCUT2D eigenvalue weighted by molar-refractivity contribution is 6.30. The third-order valence-corrected chi connectivity index (χ3v) is 1.25. The van der Waals surface area contributed by atoms with Crippen LogP contribution in [0, 0.1) is 0 Å². The average Bonchev–Trinajstić information content (AvgIpc) is 1.80. The molecule has 1 radical (unpaired) electrons. The minimum Gasteiger partial charge on any atom is -0.397 e. The van der Waals surface area contributed by atoms with Gasteiger partial charge in [-0.1, -0.05) is 11.6 Å². The van der Waals surface area contributed by atoms with Gasteiger partial charge in [-0.2, -0.15) is 0 Å². The monoisotopic (exact) mass is 141 g/mol. The van der Waals surface area contributed by atoms with Crippen molar-refractivity contribution >= 4 is 23.0 Å². The smallest absolute Gasteiger partial charge is 0.0784 e. The Morgan fingerprint density at radius 1 is 1.44 bits per heavy atom. The lowest BCUT2D eigenvalue weighted by molar-refractivity contribution is 1.48. The van der Waals surface area contributed by atoms with Gasteiger partial charge in [-0.15, -0.1) is 0 Å². The van der Waals surface area contributed by atoms with Crippen molar-refractivity contribution in [2.24, 2.45) is 0 Å². The molecule has 0 aliphatic carbocycles. The summed E-state index contributed by atoms with van der Waals surface area (Å²) in [7, 11) is 0. The molecule has 1 aromatic rings. The van der Waals surface area contributed by atoms with E-state index < -0.39 is 0 Å². The van der Waals surface area contributed by atoms with Crippen LogP contribution in [0.25, 0.3) is 0 Å². The molecule has 9 heavy (non-hydrogen) atoms. The highest BCUT2D eigenvalue weighted by Crippen LogP contribution is 2.20. The van der Waals surface area contributed by atoms with Gasteiger partial charge in [-0.3, -0.25) is 5.73 Å². The number of rotatable bonds is 0. The number of nitrogen functional groups attached to an aromatic ring is 1. The maximum absolute atomic E-state index is 7.15. The van der Waals surface area contributed by atoms with E-state index in [-0.39, 0.29) is 5.69 Å². The van der Waals surface area contributed by atoms with Crippen molar-refractivity contribution in [2.75, 3.05) is 5.73 Å². The highest BCUT2D eigenvalue weighted by Gasteiger charge is 1.92. The summed E-state index contributed by atoms with van der Waals surface area (Å²) in [6, 6.07) is 4.79. The maximum Gasteiger partial charge on any atom is 0.0784 e. The van der Waals surface area contributed by atoms with E-state index in [1.54, 1.807) is 12.1 Å². The molecule has 3 N–H and O–H groups in total. The molecule has 47 valence electrons. The fraction of sp³-hybridized carbons (Fsp3) is 0. The number of nitrogens with two attached hydrogens (primary N) is 1. The first kappa shape index (κ1) is 6.23. The molecule has 0 bridgehead atoms. The number of anilines is 1. The second kappa shape index (κ2) is 2.15. The van der Waals surface area contributed by atoms with Gasteiger partial charge in [0.25, 0.3) is 0 Å². The van der Waals surface area contributed by atoms with Gasteiger partial charge >= 0.3 is 0 Å². The summed E-state index contributed by atoms with van der Waals surface area (Å²) in [5, 5.41) is 0.550. The molecule has 0 saturated carbocycles. The summed E-state index contributed by atoms with van der Waals surface area (Å²) in [5.74, 6) is 0. The number of hydrogen-bond acceptors (Lipinski definition) is 1. The van der Waals surface area contributed by atoms with E-state index in [0.29, 0.717) is 10.7 Å². The third-order valence-electron chi connectivity index (χ3n) is 1.02. The van der Waals surface area contributed by atoms with Crippen LogP contribution in [0.4, 0.5) is 11.4 Å². The number of nitrogens with one attached hydrogen (secondary N) is 1. The van der Waals surface area contributed by atoms with Gasteiger partial charge in [-0.05, 0) is 18.2 Å². The van der Waals surface area contributed by atoms with Crippen LogP contribution in [0.15, 0.2) is 18.2 Å². The third kappa shape index (κ3) is 1.27. The molecule has 0 spiro atoms. The van der Waals surface area contributed by atoms with Gasteiger partial charge in [0, 0.05) is 5.02 Å². The van der Waals surface area contributed by atoms with Crippen molar-refractivity contribution in [1.29, 1.82) is 0 Å². The van der Waals surface area contributed by atoms with Crippen molar-refractivity contribution in [3.8, 4) is 0 Å². The lowest BCUT2D eigenvalue weighted by Gasteiger charge is -1.95. The van der Waals surface area contributed by atoms with Crippen LogP contribution in [-0.2, 0) is 0 Å². The van der Waals surface area contributed by atoms with Crippen LogP contribution in [0.2, 0.25) is 5.02 Å². The molecule has 0 unspecified atom stereocenters. The Balaban J connectivity index is 3.17. The van der Waals surface area contributed by atoms with Crippen LogP contribution in [0.3, 0.4) is 0 Å². The van der Waals surface area contributed by atoms with Crippen LogP contribution in [-0.4, -0.2) is 0 Å². The number of halogens is 1. The molecule has 0 aliphatic heterocycles. The topological polar surface area (TPSA) is 49.8 Å². The first-order chi connectivity index (χ1) is 4.20. The fourth-order valence-corrected chi connectivity index (χ4v) is 0.701. The predicted molar refractivity (Wildman–Crippen MR) is 38.6 cm³/mol. The zero-order valence-electron chi connectivity index (χ0n) is 4.69. The quantitative estimate of drug-likeness (QED) is 0.551. The molecule has 0 aliphatic rings. The van der Waals surface area contributed by atoms with Crippen molar-refractivity contribution in [3.63, 3.8) is 0 Å². The molecular weight excluding hydrogens is 136 g/mol. The molecule has 0 atom stereocenters. The first-order valence-electron chi connectivity index (χ1n) is 2.47. The summed E-state index contributed by atoms with van der Waals surface area (Å²) >= 11 is 5.54.